The predicted octanol–water partition coefficient (Wildman–Crippen LogP) is 1.97. The number of carbonyl (C=O) groups is 3. The van der Waals surface area contributed by atoms with Gasteiger partial charge in [0.2, 0.25) is 5.91 Å². The minimum Gasteiger partial charge on any atom is -0.478 e. The van der Waals surface area contributed by atoms with Gasteiger partial charge in [0.05, 0.1) is 6.04 Å². The number of amides is 2. The summed E-state index contributed by atoms with van der Waals surface area (Å²) in [7, 11) is 0. The van der Waals surface area contributed by atoms with Crippen LogP contribution in [0.3, 0.4) is 0 Å². The van der Waals surface area contributed by atoms with E-state index in [0.29, 0.717) is 13.0 Å². The zero-order valence-corrected chi connectivity index (χ0v) is 16.7. The average Bonchev–Trinajstić information content (AvgIpc) is 2.69. The van der Waals surface area contributed by atoms with E-state index < -0.39 is 30.1 Å². The quantitative estimate of drug-likeness (QED) is 0.330. The molecule has 0 aliphatic heterocycles. The summed E-state index contributed by atoms with van der Waals surface area (Å²) in [5.41, 5.74) is 6.28. The second-order valence-electron chi connectivity index (χ2n) is 6.66. The average molecular weight is 403 g/mol. The van der Waals surface area contributed by atoms with Crippen molar-refractivity contribution in [3.8, 4) is 0 Å². The fourth-order valence-electron chi connectivity index (χ4n) is 2.30. The number of nitrogens with two attached hydrogens (primary N) is 1. The van der Waals surface area contributed by atoms with Crippen LogP contribution in [-0.2, 0) is 20.9 Å². The zero-order valence-electron chi connectivity index (χ0n) is 16.7. The highest BCUT2D eigenvalue weighted by Gasteiger charge is 2.22. The molecule has 1 aromatic carbocycles. The molecule has 0 bridgehead atoms. The Morgan fingerprint density at radius 2 is 1.83 bits per heavy atom. The van der Waals surface area contributed by atoms with E-state index in [9.17, 15) is 14.4 Å². The van der Waals surface area contributed by atoms with Crippen LogP contribution in [0.4, 0.5) is 4.79 Å². The van der Waals surface area contributed by atoms with Crippen LogP contribution in [0.15, 0.2) is 54.6 Å². The minimum absolute atomic E-state index is 0.0479. The number of benzene rings is 1. The number of alkyl carbamates (subject to hydrolysis) is 1. The smallest absolute Gasteiger partial charge is 0.408 e. The number of hydrogen-bond acceptors (Lipinski definition) is 5. The number of carboxylic acid groups (broad SMARTS) is 1. The lowest BCUT2D eigenvalue weighted by Gasteiger charge is -2.22. The Labute approximate surface area is 170 Å². The van der Waals surface area contributed by atoms with Crippen molar-refractivity contribution < 1.29 is 24.2 Å². The zero-order chi connectivity index (χ0) is 21.6. The Bertz CT molecular complexity index is 716. The molecule has 8 nitrogen and oxygen atoms in total. The molecular formula is C21H29N3O5. The monoisotopic (exact) mass is 403 g/mol. The van der Waals surface area contributed by atoms with Crippen molar-refractivity contribution in [3.05, 3.63) is 60.2 Å². The molecule has 0 aliphatic rings. The highest BCUT2D eigenvalue weighted by atomic mass is 16.5. The van der Waals surface area contributed by atoms with Gasteiger partial charge in [-0.25, -0.2) is 9.59 Å². The third-order valence-electron chi connectivity index (χ3n) is 3.90. The summed E-state index contributed by atoms with van der Waals surface area (Å²) < 4.78 is 5.17. The van der Waals surface area contributed by atoms with E-state index in [4.69, 9.17) is 15.6 Å². The number of ether oxygens (including phenoxy) is 1. The largest absolute Gasteiger partial charge is 0.478 e. The first-order valence-electron chi connectivity index (χ1n) is 9.39. The molecule has 0 saturated carbocycles. The SMILES string of the molecule is CC(C)[C@@H](/C=C/C(=O)O)NC(=O)[C@H](/C=C/CCN)NC(=O)OCc1ccccc1. The number of carboxylic acids is 1. The molecule has 8 heteroatoms. The molecule has 0 unspecified atom stereocenters. The van der Waals surface area contributed by atoms with Crippen LogP contribution in [0.2, 0.25) is 0 Å². The van der Waals surface area contributed by atoms with Crippen LogP contribution in [0.25, 0.3) is 0 Å². The van der Waals surface area contributed by atoms with Gasteiger partial charge in [0.1, 0.15) is 12.6 Å². The van der Waals surface area contributed by atoms with Crippen LogP contribution in [-0.4, -0.2) is 41.7 Å². The van der Waals surface area contributed by atoms with E-state index >= 15 is 0 Å². The van der Waals surface area contributed by atoms with Crippen molar-refractivity contribution in [1.82, 2.24) is 10.6 Å². The maximum atomic E-state index is 12.7. The van der Waals surface area contributed by atoms with Crippen LogP contribution in [0.1, 0.15) is 25.8 Å². The fraction of sp³-hybridized carbons (Fsp3) is 0.381. The van der Waals surface area contributed by atoms with Crippen molar-refractivity contribution in [3.63, 3.8) is 0 Å². The molecular weight excluding hydrogens is 374 g/mol. The lowest BCUT2D eigenvalue weighted by atomic mass is 10.0. The summed E-state index contributed by atoms with van der Waals surface area (Å²) >= 11 is 0. The van der Waals surface area contributed by atoms with Gasteiger partial charge in [0.15, 0.2) is 0 Å². The summed E-state index contributed by atoms with van der Waals surface area (Å²) in [5.74, 6) is -1.64. The van der Waals surface area contributed by atoms with E-state index in [1.54, 1.807) is 6.08 Å². The van der Waals surface area contributed by atoms with Gasteiger partial charge >= 0.3 is 12.1 Å². The molecule has 0 aliphatic carbocycles. The Kier molecular flexibility index (Phi) is 10.8. The van der Waals surface area contributed by atoms with Gasteiger partial charge in [-0.05, 0) is 24.4 Å². The summed E-state index contributed by atoms with van der Waals surface area (Å²) in [6.45, 7) is 4.17. The Morgan fingerprint density at radius 3 is 2.41 bits per heavy atom. The predicted molar refractivity (Wildman–Crippen MR) is 110 cm³/mol. The molecule has 5 N–H and O–H groups in total. The van der Waals surface area contributed by atoms with Crippen molar-refractivity contribution in [2.24, 2.45) is 11.7 Å². The van der Waals surface area contributed by atoms with Crippen LogP contribution in [0.5, 0.6) is 0 Å². The Morgan fingerprint density at radius 1 is 1.14 bits per heavy atom. The lowest BCUT2D eigenvalue weighted by Crippen LogP contribution is -2.49. The Balaban J connectivity index is 2.77. The first-order chi connectivity index (χ1) is 13.8. The fourth-order valence-corrected chi connectivity index (χ4v) is 2.30. The van der Waals surface area contributed by atoms with E-state index in [1.807, 2.05) is 44.2 Å². The van der Waals surface area contributed by atoms with Gasteiger partial charge in [0, 0.05) is 6.08 Å². The highest BCUT2D eigenvalue weighted by molar-refractivity contribution is 5.88. The minimum atomic E-state index is -1.10. The third kappa shape index (κ3) is 10.1. The third-order valence-corrected chi connectivity index (χ3v) is 3.90. The molecule has 0 fully saturated rings. The van der Waals surface area contributed by atoms with Crippen LogP contribution in [0, 0.1) is 5.92 Å². The van der Waals surface area contributed by atoms with Gasteiger partial charge in [-0.3, -0.25) is 4.79 Å². The lowest BCUT2D eigenvalue weighted by molar-refractivity contribution is -0.131. The molecule has 0 saturated heterocycles. The maximum absolute atomic E-state index is 12.7. The molecule has 158 valence electrons. The van der Waals surface area contributed by atoms with Gasteiger partial charge in [-0.2, -0.15) is 0 Å². The number of carbonyl (C=O) groups excluding carboxylic acids is 2. The number of hydrogen-bond donors (Lipinski definition) is 4. The molecule has 0 aromatic heterocycles. The molecule has 0 heterocycles. The summed E-state index contributed by atoms with van der Waals surface area (Å²) in [6.07, 6.45) is 5.40. The first kappa shape index (κ1) is 23.9. The summed E-state index contributed by atoms with van der Waals surface area (Å²) in [5, 5.41) is 14.1. The van der Waals surface area contributed by atoms with Crippen molar-refractivity contribution in [2.75, 3.05) is 6.54 Å². The standard InChI is InChI=1S/C21H29N3O5/c1-15(2)17(11-12-19(25)26)23-20(27)18(10-6-7-13-22)24-21(28)29-14-16-8-4-3-5-9-16/h3-6,8-12,15,17-18H,7,13-14,22H2,1-2H3,(H,23,27)(H,24,28)(H,25,26)/b10-6+,12-11+/t17-,18+/m1/s1. The molecule has 1 rings (SSSR count). The first-order valence-corrected chi connectivity index (χ1v) is 9.39. The Hall–Kier alpha value is -3.13. The van der Waals surface area contributed by atoms with Crippen molar-refractivity contribution >= 4 is 18.0 Å². The molecule has 0 spiro atoms. The van der Waals surface area contributed by atoms with Gasteiger partial charge < -0.3 is 26.2 Å². The van der Waals surface area contributed by atoms with Gasteiger partial charge in [-0.15, -0.1) is 0 Å². The van der Waals surface area contributed by atoms with Gasteiger partial charge in [-0.1, -0.05) is 62.4 Å². The molecule has 2 amide bonds. The molecule has 1 aromatic rings. The topological polar surface area (TPSA) is 131 Å². The highest BCUT2D eigenvalue weighted by Crippen LogP contribution is 2.05. The van der Waals surface area contributed by atoms with Crippen molar-refractivity contribution in [1.29, 1.82) is 0 Å². The molecule has 0 radical (unpaired) electrons. The second kappa shape index (κ2) is 13.1. The number of aliphatic carboxylic acids is 1. The number of nitrogens with one attached hydrogen (secondary N) is 2. The normalized spacial score (nSPS) is 13.4. The van der Waals surface area contributed by atoms with E-state index in [-0.39, 0.29) is 12.5 Å². The number of rotatable bonds is 11. The second-order valence-corrected chi connectivity index (χ2v) is 6.66. The summed E-state index contributed by atoms with van der Waals surface area (Å²) in [4.78, 5) is 35.6. The molecule has 2 atom stereocenters. The maximum Gasteiger partial charge on any atom is 0.408 e. The van der Waals surface area contributed by atoms with E-state index in [0.717, 1.165) is 11.6 Å². The van der Waals surface area contributed by atoms with E-state index in [2.05, 4.69) is 10.6 Å². The molecule has 29 heavy (non-hydrogen) atoms. The van der Waals surface area contributed by atoms with Crippen LogP contribution < -0.4 is 16.4 Å². The van der Waals surface area contributed by atoms with Gasteiger partial charge in [0.25, 0.3) is 0 Å². The van der Waals surface area contributed by atoms with E-state index in [1.165, 1.54) is 12.2 Å². The summed E-state index contributed by atoms with van der Waals surface area (Å²) in [6, 6.07) is 7.67. The van der Waals surface area contributed by atoms with Crippen LogP contribution >= 0.6 is 0 Å². The van der Waals surface area contributed by atoms with Crippen molar-refractivity contribution in [2.45, 2.75) is 39.0 Å².